The highest BCUT2D eigenvalue weighted by molar-refractivity contribution is 5.96. The number of ether oxygens (including phenoxy) is 1. The molecular formula is C26H33N3O3. The Morgan fingerprint density at radius 2 is 1.62 bits per heavy atom. The highest BCUT2D eigenvalue weighted by atomic mass is 16.5. The van der Waals surface area contributed by atoms with Gasteiger partial charge in [0, 0.05) is 25.6 Å². The number of carbonyl (C=O) groups excluding carboxylic acids is 2. The predicted octanol–water partition coefficient (Wildman–Crippen LogP) is 4.25. The first-order chi connectivity index (χ1) is 15.3. The monoisotopic (exact) mass is 435 g/mol. The fourth-order valence-corrected chi connectivity index (χ4v) is 5.63. The van der Waals surface area contributed by atoms with Gasteiger partial charge >= 0.3 is 6.03 Å². The van der Waals surface area contributed by atoms with Crippen LogP contribution in [-0.2, 0) is 16.9 Å². The maximum atomic E-state index is 13.3. The van der Waals surface area contributed by atoms with Crippen LogP contribution in [0.2, 0.25) is 0 Å². The Labute approximate surface area is 190 Å². The number of amides is 3. The van der Waals surface area contributed by atoms with Gasteiger partial charge in [-0.1, -0.05) is 42.5 Å². The van der Waals surface area contributed by atoms with Crippen molar-refractivity contribution in [1.29, 1.82) is 0 Å². The van der Waals surface area contributed by atoms with Gasteiger partial charge in [-0.2, -0.15) is 0 Å². The average Bonchev–Trinajstić information content (AvgIpc) is 3.06. The maximum absolute atomic E-state index is 13.3. The van der Waals surface area contributed by atoms with Crippen LogP contribution in [0.3, 0.4) is 0 Å². The van der Waals surface area contributed by atoms with Crippen molar-refractivity contribution in [2.24, 2.45) is 0 Å². The second kappa shape index (κ2) is 8.58. The van der Waals surface area contributed by atoms with Crippen molar-refractivity contribution in [1.82, 2.24) is 14.7 Å². The molecule has 1 aliphatic heterocycles. The zero-order valence-corrected chi connectivity index (χ0v) is 19.5. The average molecular weight is 436 g/mol. The van der Waals surface area contributed by atoms with Gasteiger partial charge < -0.3 is 9.64 Å². The highest BCUT2D eigenvalue weighted by Gasteiger charge is 2.55. The molecule has 1 aliphatic carbocycles. The summed E-state index contributed by atoms with van der Waals surface area (Å²) in [6.07, 6.45) is 3.39. The van der Waals surface area contributed by atoms with Crippen LogP contribution in [0.4, 0.5) is 4.79 Å². The van der Waals surface area contributed by atoms with Gasteiger partial charge in [0.2, 0.25) is 5.91 Å². The minimum absolute atomic E-state index is 0.0819. The lowest BCUT2D eigenvalue weighted by atomic mass is 9.68. The summed E-state index contributed by atoms with van der Waals surface area (Å²) in [6, 6.07) is 18.2. The van der Waals surface area contributed by atoms with Crippen LogP contribution in [0.1, 0.15) is 43.7 Å². The fourth-order valence-electron chi connectivity index (χ4n) is 5.63. The van der Waals surface area contributed by atoms with Crippen molar-refractivity contribution in [3.05, 3.63) is 65.7 Å². The van der Waals surface area contributed by atoms with Crippen molar-refractivity contribution in [3.63, 3.8) is 0 Å². The first kappa shape index (κ1) is 22.3. The number of hydrogen-bond donors (Lipinski definition) is 0. The SMILES string of the molecule is COc1ccc(CN2CC3(CCC(c4ccccc4)(N(C)C)CC3)N(C(C)=O)C2=O)cc1. The normalized spacial score (nSPS) is 25.6. The molecule has 2 fully saturated rings. The Hall–Kier alpha value is -2.86. The quantitative estimate of drug-likeness (QED) is 0.705. The Morgan fingerprint density at radius 3 is 2.16 bits per heavy atom. The van der Waals surface area contributed by atoms with E-state index in [0.29, 0.717) is 13.1 Å². The van der Waals surface area contributed by atoms with E-state index in [1.165, 1.54) is 12.5 Å². The minimum Gasteiger partial charge on any atom is -0.497 e. The van der Waals surface area contributed by atoms with E-state index in [2.05, 4.69) is 43.3 Å². The lowest BCUT2D eigenvalue weighted by molar-refractivity contribution is -0.131. The van der Waals surface area contributed by atoms with Gasteiger partial charge in [-0.3, -0.25) is 14.6 Å². The van der Waals surface area contributed by atoms with Crippen molar-refractivity contribution in [2.45, 2.75) is 50.2 Å². The Bertz CT molecular complexity index is 964. The van der Waals surface area contributed by atoms with Gasteiger partial charge in [0.1, 0.15) is 5.75 Å². The molecule has 2 aromatic carbocycles. The molecule has 32 heavy (non-hydrogen) atoms. The second-order valence-corrected chi connectivity index (χ2v) is 9.36. The zero-order valence-electron chi connectivity index (χ0n) is 19.5. The first-order valence-electron chi connectivity index (χ1n) is 11.3. The molecule has 2 aliphatic rings. The molecule has 1 heterocycles. The summed E-state index contributed by atoms with van der Waals surface area (Å²) in [6.45, 7) is 2.59. The van der Waals surface area contributed by atoms with Gasteiger partial charge in [0.15, 0.2) is 0 Å². The second-order valence-electron chi connectivity index (χ2n) is 9.36. The van der Waals surface area contributed by atoms with E-state index < -0.39 is 5.54 Å². The van der Waals surface area contributed by atoms with Gasteiger partial charge in [-0.25, -0.2) is 4.79 Å². The number of carbonyl (C=O) groups is 2. The molecule has 6 heteroatoms. The van der Waals surface area contributed by atoms with Crippen LogP contribution >= 0.6 is 0 Å². The molecule has 1 spiro atoms. The molecule has 1 saturated carbocycles. The summed E-state index contributed by atoms with van der Waals surface area (Å²) in [7, 11) is 5.90. The Balaban J connectivity index is 1.58. The maximum Gasteiger partial charge on any atom is 0.327 e. The van der Waals surface area contributed by atoms with Crippen molar-refractivity contribution < 1.29 is 14.3 Å². The topological polar surface area (TPSA) is 53.1 Å². The van der Waals surface area contributed by atoms with E-state index >= 15 is 0 Å². The van der Waals surface area contributed by atoms with Gasteiger partial charge in [-0.15, -0.1) is 0 Å². The molecule has 0 N–H and O–H groups in total. The van der Waals surface area contributed by atoms with E-state index in [4.69, 9.17) is 4.74 Å². The molecule has 0 atom stereocenters. The number of benzene rings is 2. The van der Waals surface area contributed by atoms with Crippen molar-refractivity contribution >= 4 is 11.9 Å². The van der Waals surface area contributed by atoms with Gasteiger partial charge in [-0.05, 0) is 63.0 Å². The van der Waals surface area contributed by atoms with E-state index in [-0.39, 0.29) is 17.5 Å². The lowest BCUT2D eigenvalue weighted by Crippen LogP contribution is -2.56. The van der Waals surface area contributed by atoms with Crippen LogP contribution in [-0.4, -0.2) is 59.9 Å². The number of urea groups is 1. The van der Waals surface area contributed by atoms with Crippen molar-refractivity contribution in [3.8, 4) is 5.75 Å². The molecular weight excluding hydrogens is 402 g/mol. The largest absolute Gasteiger partial charge is 0.497 e. The summed E-state index contributed by atoms with van der Waals surface area (Å²) < 4.78 is 5.24. The molecule has 170 valence electrons. The van der Waals surface area contributed by atoms with E-state index in [1.807, 2.05) is 35.2 Å². The number of hydrogen-bond acceptors (Lipinski definition) is 4. The standard InChI is InChI=1S/C26H33N3O3/c1-20(30)29-24(31)28(18-21-10-12-23(32-4)13-11-21)19-25(29)14-16-26(17-15-25,27(2)3)22-8-6-5-7-9-22/h5-13H,14-19H2,1-4H3. The lowest BCUT2D eigenvalue weighted by Gasteiger charge is -2.50. The summed E-state index contributed by atoms with van der Waals surface area (Å²) in [5.74, 6) is 0.626. The fraction of sp³-hybridized carbons (Fsp3) is 0.462. The number of imide groups is 1. The van der Waals surface area contributed by atoms with E-state index in [9.17, 15) is 9.59 Å². The smallest absolute Gasteiger partial charge is 0.327 e. The molecule has 0 unspecified atom stereocenters. The molecule has 6 nitrogen and oxygen atoms in total. The molecule has 4 rings (SSSR count). The number of rotatable bonds is 5. The minimum atomic E-state index is -0.441. The third kappa shape index (κ3) is 3.77. The van der Waals surface area contributed by atoms with E-state index in [0.717, 1.165) is 37.0 Å². The van der Waals surface area contributed by atoms with Gasteiger partial charge in [0.25, 0.3) is 0 Å². The van der Waals surface area contributed by atoms with E-state index in [1.54, 1.807) is 12.0 Å². The summed E-state index contributed by atoms with van der Waals surface area (Å²) >= 11 is 0. The molecule has 0 bridgehead atoms. The van der Waals surface area contributed by atoms with Crippen LogP contribution < -0.4 is 4.74 Å². The van der Waals surface area contributed by atoms with Gasteiger partial charge in [0.05, 0.1) is 12.6 Å². The Kier molecular flexibility index (Phi) is 5.99. The Morgan fingerprint density at radius 1 is 1.00 bits per heavy atom. The summed E-state index contributed by atoms with van der Waals surface area (Å²) in [5.41, 5.74) is 1.81. The molecule has 2 aromatic rings. The summed E-state index contributed by atoms with van der Waals surface area (Å²) in [4.78, 5) is 31.6. The highest BCUT2D eigenvalue weighted by Crippen LogP contribution is 2.49. The van der Waals surface area contributed by atoms with Crippen LogP contribution in [0.15, 0.2) is 54.6 Å². The van der Waals surface area contributed by atoms with Crippen LogP contribution in [0, 0.1) is 0 Å². The molecule has 3 amide bonds. The molecule has 0 aromatic heterocycles. The predicted molar refractivity (Wildman–Crippen MR) is 124 cm³/mol. The first-order valence-corrected chi connectivity index (χ1v) is 11.3. The molecule has 1 saturated heterocycles. The number of methoxy groups -OCH3 is 1. The summed E-state index contributed by atoms with van der Waals surface area (Å²) in [5, 5.41) is 0. The van der Waals surface area contributed by atoms with Crippen LogP contribution in [0.25, 0.3) is 0 Å². The molecule has 0 radical (unpaired) electrons. The number of nitrogens with zero attached hydrogens (tertiary/aromatic N) is 3. The third-order valence-electron chi connectivity index (χ3n) is 7.44. The van der Waals surface area contributed by atoms with Crippen LogP contribution in [0.5, 0.6) is 5.75 Å². The zero-order chi connectivity index (χ0) is 22.9. The van der Waals surface area contributed by atoms with Crippen molar-refractivity contribution in [2.75, 3.05) is 27.7 Å². The third-order valence-corrected chi connectivity index (χ3v) is 7.44.